The lowest BCUT2D eigenvalue weighted by atomic mass is 9.70. The summed E-state index contributed by atoms with van der Waals surface area (Å²) >= 11 is 0. The van der Waals surface area contributed by atoms with Crippen LogP contribution in [-0.4, -0.2) is 11.8 Å². The van der Waals surface area contributed by atoms with Crippen LogP contribution in [0, 0.1) is 0 Å². The van der Waals surface area contributed by atoms with Crippen molar-refractivity contribution in [2.24, 2.45) is 0 Å². The van der Waals surface area contributed by atoms with E-state index in [1.54, 1.807) is 0 Å². The molecular weight excluding hydrogens is 492 g/mol. The van der Waals surface area contributed by atoms with Crippen LogP contribution >= 0.6 is 0 Å². The van der Waals surface area contributed by atoms with E-state index in [2.05, 4.69) is 24.3 Å². The number of benzene rings is 5. The second-order valence-corrected chi connectivity index (χ2v) is 10.4. The van der Waals surface area contributed by atoms with E-state index in [4.69, 9.17) is 0 Å². The minimum absolute atomic E-state index is 0.0513. The lowest BCUT2D eigenvalue weighted by molar-refractivity contribution is -0.128. The summed E-state index contributed by atoms with van der Waals surface area (Å²) in [5.74, 6) is -0.659. The summed E-state index contributed by atoms with van der Waals surface area (Å²) in [6, 6.07) is 47.8. The van der Waals surface area contributed by atoms with Crippen molar-refractivity contribution in [1.29, 1.82) is 0 Å². The molecule has 0 saturated carbocycles. The first kappa shape index (κ1) is 24.1. The number of nitrogens with zero attached hydrogens (tertiary/aromatic N) is 2. The predicted octanol–water partition coefficient (Wildman–Crippen LogP) is 7.43. The Morgan fingerprint density at radius 1 is 0.375 bits per heavy atom. The SMILES string of the molecule is O=C1C(c2ccccc2C2C(=O)N(c3ccccc3)C2c2ccccc2)C(c2ccccc2)N1c1ccccc1. The molecule has 0 radical (unpaired) electrons. The monoisotopic (exact) mass is 520 g/mol. The van der Waals surface area contributed by atoms with E-state index in [-0.39, 0.29) is 35.7 Å². The van der Waals surface area contributed by atoms with Crippen LogP contribution in [0.1, 0.15) is 46.2 Å². The maximum absolute atomic E-state index is 14.0. The second kappa shape index (κ2) is 9.97. The number of anilines is 2. The van der Waals surface area contributed by atoms with Gasteiger partial charge < -0.3 is 9.80 Å². The van der Waals surface area contributed by atoms with Crippen LogP contribution in [0.2, 0.25) is 0 Å². The van der Waals surface area contributed by atoms with Crippen LogP contribution in [0.15, 0.2) is 146 Å². The summed E-state index contributed by atoms with van der Waals surface area (Å²) in [6.45, 7) is 0. The molecule has 2 fully saturated rings. The van der Waals surface area contributed by atoms with E-state index in [0.29, 0.717) is 0 Å². The molecule has 4 atom stereocenters. The molecule has 194 valence electrons. The van der Waals surface area contributed by atoms with Gasteiger partial charge >= 0.3 is 0 Å². The zero-order valence-electron chi connectivity index (χ0n) is 21.9. The zero-order valence-corrected chi connectivity index (χ0v) is 21.9. The highest BCUT2D eigenvalue weighted by atomic mass is 16.2. The van der Waals surface area contributed by atoms with Crippen molar-refractivity contribution < 1.29 is 9.59 Å². The van der Waals surface area contributed by atoms with Gasteiger partial charge in [0.2, 0.25) is 11.8 Å². The number of carbonyl (C=O) groups is 2. The Morgan fingerprint density at radius 3 is 1.02 bits per heavy atom. The molecular formula is C36H28N2O2. The van der Waals surface area contributed by atoms with Gasteiger partial charge in [0.1, 0.15) is 0 Å². The Bertz CT molecular complexity index is 1530. The Morgan fingerprint density at radius 2 is 0.675 bits per heavy atom. The van der Waals surface area contributed by atoms with E-state index >= 15 is 0 Å². The lowest BCUT2D eigenvalue weighted by Crippen LogP contribution is -2.56. The first-order valence-corrected chi connectivity index (χ1v) is 13.7. The third-order valence-electron chi connectivity index (χ3n) is 8.21. The molecule has 0 spiro atoms. The van der Waals surface area contributed by atoms with Gasteiger partial charge in [-0.25, -0.2) is 0 Å². The third-order valence-corrected chi connectivity index (χ3v) is 8.21. The van der Waals surface area contributed by atoms with E-state index in [1.165, 1.54) is 0 Å². The van der Waals surface area contributed by atoms with Crippen molar-refractivity contribution in [2.45, 2.75) is 23.9 Å². The molecule has 4 heteroatoms. The van der Waals surface area contributed by atoms with Crippen molar-refractivity contribution in [2.75, 3.05) is 9.80 Å². The molecule has 0 N–H and O–H groups in total. The summed E-state index contributed by atoms with van der Waals surface area (Å²) in [5.41, 5.74) is 5.79. The van der Waals surface area contributed by atoms with Crippen LogP contribution < -0.4 is 9.80 Å². The number of hydrogen-bond acceptors (Lipinski definition) is 2. The van der Waals surface area contributed by atoms with Crippen molar-refractivity contribution in [1.82, 2.24) is 0 Å². The Hall–Kier alpha value is -4.96. The van der Waals surface area contributed by atoms with Crippen LogP contribution in [0.5, 0.6) is 0 Å². The average molecular weight is 521 g/mol. The summed E-state index contributed by atoms with van der Waals surface area (Å²) in [4.78, 5) is 31.7. The Balaban J connectivity index is 1.33. The smallest absolute Gasteiger partial charge is 0.237 e. The van der Waals surface area contributed by atoms with Crippen LogP contribution in [-0.2, 0) is 9.59 Å². The van der Waals surface area contributed by atoms with Gasteiger partial charge in [0.05, 0.1) is 23.9 Å². The molecule has 2 aliphatic rings. The molecule has 0 aromatic heterocycles. The van der Waals surface area contributed by atoms with Gasteiger partial charge in [0.15, 0.2) is 0 Å². The summed E-state index contributed by atoms with van der Waals surface area (Å²) in [5, 5.41) is 0. The standard InChI is InChI=1S/C36H28N2O2/c39-35-31(33(25-15-5-1-6-16-25)37(35)27-19-9-3-10-20-27)29-23-13-14-24-30(29)32-34(26-17-7-2-8-18-26)38(36(32)40)28-21-11-4-12-22-28/h1-24,31-34H. The van der Waals surface area contributed by atoms with Crippen LogP contribution in [0.4, 0.5) is 11.4 Å². The highest BCUT2D eigenvalue weighted by Crippen LogP contribution is 2.54. The molecule has 0 bridgehead atoms. The lowest BCUT2D eigenvalue weighted by Gasteiger charge is -2.51. The molecule has 4 unspecified atom stereocenters. The minimum Gasteiger partial charge on any atom is -0.303 e. The van der Waals surface area contributed by atoms with Gasteiger partial charge in [-0.2, -0.15) is 0 Å². The van der Waals surface area contributed by atoms with E-state index in [9.17, 15) is 9.59 Å². The number of carbonyl (C=O) groups excluding carboxylic acids is 2. The maximum atomic E-state index is 14.0. The van der Waals surface area contributed by atoms with Gasteiger partial charge in [-0.05, 0) is 46.5 Å². The molecule has 2 heterocycles. The van der Waals surface area contributed by atoms with Crippen molar-refractivity contribution in [3.05, 3.63) is 168 Å². The first-order valence-electron chi connectivity index (χ1n) is 13.7. The number of β-lactam (4-membered cyclic amide) rings is 2. The molecule has 5 aromatic rings. The molecule has 40 heavy (non-hydrogen) atoms. The largest absolute Gasteiger partial charge is 0.303 e. The Labute approximate surface area is 234 Å². The van der Waals surface area contributed by atoms with Gasteiger partial charge in [-0.15, -0.1) is 0 Å². The van der Waals surface area contributed by atoms with Crippen LogP contribution in [0.25, 0.3) is 0 Å². The third kappa shape index (κ3) is 3.84. The van der Waals surface area contributed by atoms with Crippen molar-refractivity contribution in [3.63, 3.8) is 0 Å². The first-order chi connectivity index (χ1) is 19.7. The number of rotatable bonds is 6. The van der Waals surface area contributed by atoms with Gasteiger partial charge in [0, 0.05) is 11.4 Å². The normalized spacial score (nSPS) is 22.0. The average Bonchev–Trinajstić information content (AvgIpc) is 3.01. The molecule has 5 aromatic carbocycles. The Kier molecular flexibility index (Phi) is 6.01. The fourth-order valence-corrected chi connectivity index (χ4v) is 6.40. The van der Waals surface area contributed by atoms with E-state index in [0.717, 1.165) is 33.6 Å². The molecule has 0 aliphatic carbocycles. The topological polar surface area (TPSA) is 40.6 Å². The van der Waals surface area contributed by atoms with Gasteiger partial charge in [0.25, 0.3) is 0 Å². The fraction of sp³-hybridized carbons (Fsp3) is 0.111. The number of para-hydroxylation sites is 2. The maximum Gasteiger partial charge on any atom is 0.237 e. The molecule has 2 aliphatic heterocycles. The zero-order chi connectivity index (χ0) is 27.1. The summed E-state index contributed by atoms with van der Waals surface area (Å²) in [7, 11) is 0. The second-order valence-electron chi connectivity index (χ2n) is 10.4. The highest BCUT2D eigenvalue weighted by Gasteiger charge is 2.54. The molecule has 7 rings (SSSR count). The highest BCUT2D eigenvalue weighted by molar-refractivity contribution is 6.09. The molecule has 2 saturated heterocycles. The van der Waals surface area contributed by atoms with Crippen molar-refractivity contribution >= 4 is 23.2 Å². The van der Waals surface area contributed by atoms with Crippen LogP contribution in [0.3, 0.4) is 0 Å². The summed E-state index contributed by atoms with van der Waals surface area (Å²) < 4.78 is 0. The van der Waals surface area contributed by atoms with E-state index < -0.39 is 0 Å². The molecule has 4 nitrogen and oxygen atoms in total. The number of amides is 2. The summed E-state index contributed by atoms with van der Waals surface area (Å²) in [6.07, 6.45) is 0. The van der Waals surface area contributed by atoms with E-state index in [1.807, 2.05) is 131 Å². The van der Waals surface area contributed by atoms with Gasteiger partial charge in [-0.1, -0.05) is 121 Å². The van der Waals surface area contributed by atoms with Crippen molar-refractivity contribution in [3.8, 4) is 0 Å². The molecule has 2 amide bonds. The fourth-order valence-electron chi connectivity index (χ4n) is 6.40. The minimum atomic E-state index is -0.381. The predicted molar refractivity (Wildman–Crippen MR) is 158 cm³/mol. The van der Waals surface area contributed by atoms with Gasteiger partial charge in [-0.3, -0.25) is 9.59 Å². The quantitative estimate of drug-likeness (QED) is 0.219. The number of hydrogen-bond donors (Lipinski definition) is 0.